The second kappa shape index (κ2) is 2.76. The number of rotatable bonds is 0. The number of hydrogen-bond donors (Lipinski definition) is 1. The summed E-state index contributed by atoms with van der Waals surface area (Å²) in [5, 5.41) is 9.92. The third-order valence-corrected chi connectivity index (χ3v) is 3.44. The summed E-state index contributed by atoms with van der Waals surface area (Å²) in [5.41, 5.74) is 6.33. The molecule has 0 heterocycles. The molecule has 1 nitrogen and oxygen atoms in total. The molecule has 0 spiro atoms. The molecule has 0 aliphatic heterocycles. The first-order chi connectivity index (χ1) is 6.13. The highest BCUT2D eigenvalue weighted by atomic mass is 16.3. The van der Waals surface area contributed by atoms with Crippen molar-refractivity contribution >= 4 is 0 Å². The molecule has 1 aromatic carbocycles. The smallest absolute Gasteiger partial charge is 0.122 e. The van der Waals surface area contributed by atoms with Gasteiger partial charge in [-0.05, 0) is 67.9 Å². The van der Waals surface area contributed by atoms with Gasteiger partial charge in [0, 0.05) is 0 Å². The lowest BCUT2D eigenvalue weighted by Crippen LogP contribution is -1.96. The van der Waals surface area contributed by atoms with Crippen LogP contribution in [0.2, 0.25) is 0 Å². The lowest BCUT2D eigenvalue weighted by molar-refractivity contribution is 0.464. The topological polar surface area (TPSA) is 20.2 Å². The van der Waals surface area contributed by atoms with E-state index < -0.39 is 0 Å². The first-order valence-electron chi connectivity index (χ1n) is 4.93. The van der Waals surface area contributed by atoms with E-state index in [4.69, 9.17) is 0 Å². The molecule has 0 saturated heterocycles. The fourth-order valence-corrected chi connectivity index (χ4v) is 2.33. The second-order valence-electron chi connectivity index (χ2n) is 4.03. The van der Waals surface area contributed by atoms with Crippen molar-refractivity contribution < 1.29 is 5.11 Å². The van der Waals surface area contributed by atoms with Crippen LogP contribution in [0.5, 0.6) is 5.75 Å². The zero-order valence-corrected chi connectivity index (χ0v) is 8.57. The van der Waals surface area contributed by atoms with Gasteiger partial charge >= 0.3 is 0 Å². The van der Waals surface area contributed by atoms with E-state index in [1.165, 1.54) is 28.7 Å². The number of phenolic OH excluding ortho intramolecular Hbond substituents is 1. The summed E-state index contributed by atoms with van der Waals surface area (Å²) < 4.78 is 0. The second-order valence-corrected chi connectivity index (χ2v) is 4.03. The lowest BCUT2D eigenvalue weighted by atomic mass is 9.94. The Bertz CT molecular complexity index is 329. The van der Waals surface area contributed by atoms with Crippen molar-refractivity contribution in [3.63, 3.8) is 0 Å². The fourth-order valence-electron chi connectivity index (χ4n) is 2.33. The number of hydrogen-bond acceptors (Lipinski definition) is 1. The largest absolute Gasteiger partial charge is 0.507 e. The molecular formula is C12H16O. The van der Waals surface area contributed by atoms with Crippen LogP contribution < -0.4 is 0 Å². The van der Waals surface area contributed by atoms with Crippen molar-refractivity contribution in [3.05, 3.63) is 27.8 Å². The minimum absolute atomic E-state index is 0.551. The third-order valence-electron chi connectivity index (χ3n) is 3.44. The summed E-state index contributed by atoms with van der Waals surface area (Å²) in [6.07, 6.45) is 3.41. The minimum Gasteiger partial charge on any atom is -0.507 e. The minimum atomic E-state index is 0.551. The maximum atomic E-state index is 9.92. The van der Waals surface area contributed by atoms with Gasteiger partial charge in [-0.3, -0.25) is 0 Å². The molecule has 0 radical (unpaired) electrons. The van der Waals surface area contributed by atoms with Crippen molar-refractivity contribution in [1.82, 2.24) is 0 Å². The Balaban J connectivity index is 2.77. The zero-order valence-electron chi connectivity index (χ0n) is 8.57. The SMILES string of the molecule is Cc1c(C)c(O)c2c(c1C)CCC2. The number of benzene rings is 1. The normalized spacial score (nSPS) is 14.7. The van der Waals surface area contributed by atoms with E-state index in [1.807, 2.05) is 6.92 Å². The van der Waals surface area contributed by atoms with E-state index in [-0.39, 0.29) is 0 Å². The highest BCUT2D eigenvalue weighted by Crippen LogP contribution is 2.37. The Hall–Kier alpha value is -0.980. The van der Waals surface area contributed by atoms with Gasteiger partial charge in [0.15, 0.2) is 0 Å². The average Bonchev–Trinajstić information content (AvgIpc) is 2.59. The van der Waals surface area contributed by atoms with Crippen LogP contribution in [0.3, 0.4) is 0 Å². The van der Waals surface area contributed by atoms with Gasteiger partial charge < -0.3 is 5.11 Å². The molecule has 0 atom stereocenters. The molecule has 0 aromatic heterocycles. The predicted molar refractivity (Wildman–Crippen MR) is 54.3 cm³/mol. The number of aromatic hydroxyl groups is 1. The van der Waals surface area contributed by atoms with E-state index >= 15 is 0 Å². The standard InChI is InChI=1S/C12H16O/c1-7-8(2)10-5-4-6-11(10)12(13)9(7)3/h13H,4-6H2,1-3H3. The fraction of sp³-hybridized carbons (Fsp3) is 0.500. The molecular weight excluding hydrogens is 160 g/mol. The number of fused-ring (bicyclic) bond motifs is 1. The van der Waals surface area contributed by atoms with Gasteiger partial charge in [-0.15, -0.1) is 0 Å². The van der Waals surface area contributed by atoms with Crippen LogP contribution in [0.25, 0.3) is 0 Å². The van der Waals surface area contributed by atoms with Crippen LogP contribution in [0.15, 0.2) is 0 Å². The maximum Gasteiger partial charge on any atom is 0.122 e. The summed E-state index contributed by atoms with van der Waals surface area (Å²) in [6, 6.07) is 0. The van der Waals surface area contributed by atoms with Gasteiger partial charge in [0.05, 0.1) is 0 Å². The van der Waals surface area contributed by atoms with Crippen molar-refractivity contribution in [2.75, 3.05) is 0 Å². The van der Waals surface area contributed by atoms with Gasteiger partial charge in [-0.25, -0.2) is 0 Å². The van der Waals surface area contributed by atoms with Crippen LogP contribution >= 0.6 is 0 Å². The molecule has 0 fully saturated rings. The van der Waals surface area contributed by atoms with Crippen LogP contribution in [-0.2, 0) is 12.8 Å². The highest BCUT2D eigenvalue weighted by Gasteiger charge is 2.20. The molecule has 13 heavy (non-hydrogen) atoms. The monoisotopic (exact) mass is 176 g/mol. The molecule has 1 aliphatic carbocycles. The summed E-state index contributed by atoms with van der Waals surface area (Å²) in [4.78, 5) is 0. The Morgan fingerprint density at radius 1 is 0.846 bits per heavy atom. The molecule has 0 saturated carbocycles. The van der Waals surface area contributed by atoms with Gasteiger partial charge in [0.25, 0.3) is 0 Å². The van der Waals surface area contributed by atoms with Crippen LogP contribution in [0.1, 0.15) is 34.2 Å². The zero-order chi connectivity index (χ0) is 9.59. The van der Waals surface area contributed by atoms with Gasteiger partial charge in [-0.1, -0.05) is 0 Å². The summed E-state index contributed by atoms with van der Waals surface area (Å²) in [5.74, 6) is 0.551. The van der Waals surface area contributed by atoms with E-state index in [9.17, 15) is 5.11 Å². The summed E-state index contributed by atoms with van der Waals surface area (Å²) >= 11 is 0. The first-order valence-corrected chi connectivity index (χ1v) is 4.93. The maximum absolute atomic E-state index is 9.92. The first kappa shape index (κ1) is 8.61. The molecule has 70 valence electrons. The van der Waals surface area contributed by atoms with E-state index in [2.05, 4.69) is 13.8 Å². The third kappa shape index (κ3) is 1.06. The molecule has 1 N–H and O–H groups in total. The Morgan fingerprint density at radius 2 is 1.46 bits per heavy atom. The summed E-state index contributed by atoms with van der Waals surface area (Å²) in [7, 11) is 0. The van der Waals surface area contributed by atoms with Gasteiger partial charge in [-0.2, -0.15) is 0 Å². The van der Waals surface area contributed by atoms with E-state index in [0.717, 1.165) is 18.4 Å². The predicted octanol–water partition coefficient (Wildman–Crippen LogP) is 2.81. The van der Waals surface area contributed by atoms with Crippen molar-refractivity contribution in [1.29, 1.82) is 0 Å². The van der Waals surface area contributed by atoms with Crippen molar-refractivity contribution in [2.24, 2.45) is 0 Å². The molecule has 1 aliphatic rings. The van der Waals surface area contributed by atoms with E-state index in [1.54, 1.807) is 0 Å². The molecule has 0 bridgehead atoms. The molecule has 0 amide bonds. The Kier molecular flexibility index (Phi) is 1.83. The number of phenols is 1. The molecule has 0 unspecified atom stereocenters. The molecule has 2 rings (SSSR count). The quantitative estimate of drug-likeness (QED) is 0.644. The Labute approximate surface area is 79.4 Å². The average molecular weight is 176 g/mol. The van der Waals surface area contributed by atoms with Crippen molar-refractivity contribution in [2.45, 2.75) is 40.0 Å². The lowest BCUT2D eigenvalue weighted by Gasteiger charge is -2.13. The Morgan fingerprint density at radius 3 is 2.15 bits per heavy atom. The van der Waals surface area contributed by atoms with Gasteiger partial charge in [0.2, 0.25) is 0 Å². The van der Waals surface area contributed by atoms with Crippen LogP contribution in [0.4, 0.5) is 0 Å². The van der Waals surface area contributed by atoms with Gasteiger partial charge in [0.1, 0.15) is 5.75 Å². The highest BCUT2D eigenvalue weighted by molar-refractivity contribution is 5.55. The molecule has 1 aromatic rings. The van der Waals surface area contributed by atoms with Crippen LogP contribution in [0, 0.1) is 20.8 Å². The van der Waals surface area contributed by atoms with Crippen molar-refractivity contribution in [3.8, 4) is 5.75 Å². The summed E-state index contributed by atoms with van der Waals surface area (Å²) in [6.45, 7) is 6.28. The van der Waals surface area contributed by atoms with Crippen LogP contribution in [-0.4, -0.2) is 5.11 Å². The van der Waals surface area contributed by atoms with E-state index in [0.29, 0.717) is 5.75 Å². The molecule has 1 heteroatoms.